The molecule has 0 aliphatic rings. The smallest absolute Gasteiger partial charge is 0.261 e. The number of amides is 1. The van der Waals surface area contributed by atoms with Gasteiger partial charge in [0.05, 0.1) is 17.6 Å². The quantitative estimate of drug-likeness (QED) is 0.566. The Balaban J connectivity index is 1.58. The molecule has 1 amide bonds. The van der Waals surface area contributed by atoms with Gasteiger partial charge in [-0.2, -0.15) is 5.10 Å². The number of hydrogen-bond donors (Lipinski definition) is 1. The van der Waals surface area contributed by atoms with Crippen molar-refractivity contribution in [2.75, 3.05) is 5.32 Å². The number of rotatable bonds is 5. The Morgan fingerprint density at radius 1 is 1.37 bits per heavy atom. The van der Waals surface area contributed by atoms with Crippen LogP contribution >= 0.6 is 11.6 Å². The normalized spacial score (nSPS) is 10.9. The summed E-state index contributed by atoms with van der Waals surface area (Å²) in [7, 11) is 0. The van der Waals surface area contributed by atoms with Crippen molar-refractivity contribution < 1.29 is 13.9 Å². The van der Waals surface area contributed by atoms with E-state index in [0.717, 1.165) is 5.69 Å². The van der Waals surface area contributed by atoms with E-state index in [-0.39, 0.29) is 12.5 Å². The van der Waals surface area contributed by atoms with E-state index in [1.807, 2.05) is 6.92 Å². The maximum absolute atomic E-state index is 12.7. The third-order valence-corrected chi connectivity index (χ3v) is 4.15. The third kappa shape index (κ3) is 3.47. The van der Waals surface area contributed by atoms with Gasteiger partial charge in [-0.15, -0.1) is 0 Å². The third-order valence-electron chi connectivity index (χ3n) is 3.92. The zero-order valence-corrected chi connectivity index (χ0v) is 15.0. The number of benzene rings is 1. The van der Waals surface area contributed by atoms with Crippen molar-refractivity contribution in [3.05, 3.63) is 71.3 Å². The summed E-state index contributed by atoms with van der Waals surface area (Å²) < 4.78 is 12.6. The SMILES string of the molecule is Cc1ncoc1COc1ccc(Cl)cc1NC(=O)c1cnn2cccnc12. The van der Waals surface area contributed by atoms with Crippen molar-refractivity contribution in [2.45, 2.75) is 13.5 Å². The van der Waals surface area contributed by atoms with Crippen LogP contribution < -0.4 is 10.1 Å². The molecule has 1 N–H and O–H groups in total. The van der Waals surface area contributed by atoms with Crippen LogP contribution in [0, 0.1) is 6.92 Å². The van der Waals surface area contributed by atoms with Gasteiger partial charge in [0.25, 0.3) is 5.91 Å². The molecule has 0 saturated heterocycles. The highest BCUT2D eigenvalue weighted by molar-refractivity contribution is 6.31. The minimum absolute atomic E-state index is 0.175. The van der Waals surface area contributed by atoms with Gasteiger partial charge in [0.15, 0.2) is 17.8 Å². The van der Waals surface area contributed by atoms with Crippen molar-refractivity contribution in [3.8, 4) is 5.75 Å². The molecule has 0 spiro atoms. The van der Waals surface area contributed by atoms with E-state index in [1.165, 1.54) is 17.1 Å². The molecule has 0 atom stereocenters. The van der Waals surface area contributed by atoms with Gasteiger partial charge >= 0.3 is 0 Å². The van der Waals surface area contributed by atoms with Crippen LogP contribution in [0.3, 0.4) is 0 Å². The van der Waals surface area contributed by atoms with Crippen LogP contribution in [0.5, 0.6) is 5.75 Å². The highest BCUT2D eigenvalue weighted by atomic mass is 35.5. The number of aromatic nitrogens is 4. The van der Waals surface area contributed by atoms with Gasteiger partial charge in [0.1, 0.15) is 17.9 Å². The van der Waals surface area contributed by atoms with E-state index in [1.54, 1.807) is 36.7 Å². The zero-order valence-electron chi connectivity index (χ0n) is 14.2. The Bertz CT molecular complexity index is 1120. The average Bonchev–Trinajstić information content (AvgIpc) is 3.27. The Morgan fingerprint density at radius 3 is 3.07 bits per heavy atom. The summed E-state index contributed by atoms with van der Waals surface area (Å²) in [4.78, 5) is 20.9. The monoisotopic (exact) mass is 383 g/mol. The second-order valence-electron chi connectivity index (χ2n) is 5.69. The van der Waals surface area contributed by atoms with E-state index in [4.69, 9.17) is 20.8 Å². The molecule has 0 bridgehead atoms. The van der Waals surface area contributed by atoms with Crippen LogP contribution in [0.2, 0.25) is 5.02 Å². The van der Waals surface area contributed by atoms with Crippen molar-refractivity contribution in [2.24, 2.45) is 0 Å². The lowest BCUT2D eigenvalue weighted by molar-refractivity contribution is 0.102. The standard InChI is InChI=1S/C18H14ClN5O3/c1-11-16(27-10-21-11)9-26-15-4-3-12(19)7-14(15)23-18(25)13-8-22-24-6-2-5-20-17(13)24/h2-8,10H,9H2,1H3,(H,23,25). The van der Waals surface area contributed by atoms with Gasteiger partial charge in [-0.05, 0) is 31.2 Å². The van der Waals surface area contributed by atoms with Crippen LogP contribution in [-0.2, 0) is 6.61 Å². The number of nitrogens with one attached hydrogen (secondary N) is 1. The van der Waals surface area contributed by atoms with E-state index < -0.39 is 0 Å². The average molecular weight is 384 g/mol. The molecule has 0 saturated carbocycles. The van der Waals surface area contributed by atoms with Crippen LogP contribution in [-0.4, -0.2) is 25.5 Å². The molecule has 0 unspecified atom stereocenters. The van der Waals surface area contributed by atoms with Gasteiger partial charge < -0.3 is 14.5 Å². The molecule has 8 nitrogen and oxygen atoms in total. The van der Waals surface area contributed by atoms with Gasteiger partial charge in [-0.1, -0.05) is 11.6 Å². The van der Waals surface area contributed by atoms with E-state index >= 15 is 0 Å². The first-order valence-electron chi connectivity index (χ1n) is 8.03. The van der Waals surface area contributed by atoms with E-state index in [9.17, 15) is 4.79 Å². The molecule has 0 radical (unpaired) electrons. The molecule has 27 heavy (non-hydrogen) atoms. The molecular formula is C18H14ClN5O3. The minimum atomic E-state index is -0.369. The van der Waals surface area contributed by atoms with E-state index in [0.29, 0.717) is 33.4 Å². The Hall–Kier alpha value is -3.39. The van der Waals surface area contributed by atoms with Gasteiger partial charge in [-0.3, -0.25) is 4.79 Å². The summed E-state index contributed by atoms with van der Waals surface area (Å²) in [5.74, 6) is 0.689. The molecule has 3 heterocycles. The predicted molar refractivity (Wildman–Crippen MR) is 98.0 cm³/mol. The lowest BCUT2D eigenvalue weighted by Gasteiger charge is -2.12. The fourth-order valence-corrected chi connectivity index (χ4v) is 2.68. The number of anilines is 1. The van der Waals surface area contributed by atoms with Gasteiger partial charge in [0, 0.05) is 17.4 Å². The molecule has 0 aliphatic heterocycles. The van der Waals surface area contributed by atoms with Crippen molar-refractivity contribution in [3.63, 3.8) is 0 Å². The maximum Gasteiger partial charge on any atom is 0.261 e. The summed E-state index contributed by atoms with van der Waals surface area (Å²) in [6.45, 7) is 2.00. The summed E-state index contributed by atoms with van der Waals surface area (Å²) in [6, 6.07) is 6.70. The molecule has 136 valence electrons. The number of hydrogen-bond acceptors (Lipinski definition) is 6. The number of ether oxygens (including phenoxy) is 1. The van der Waals surface area contributed by atoms with Crippen molar-refractivity contribution in [1.29, 1.82) is 0 Å². The van der Waals surface area contributed by atoms with Crippen LogP contribution in [0.25, 0.3) is 5.65 Å². The second-order valence-corrected chi connectivity index (χ2v) is 6.13. The highest BCUT2D eigenvalue weighted by Gasteiger charge is 2.16. The lowest BCUT2D eigenvalue weighted by atomic mass is 10.2. The van der Waals surface area contributed by atoms with Crippen molar-refractivity contribution in [1.82, 2.24) is 19.6 Å². The number of nitrogens with zero attached hydrogens (tertiary/aromatic N) is 4. The Labute approximate surface area is 158 Å². The predicted octanol–water partition coefficient (Wildman–Crippen LogP) is 3.51. The van der Waals surface area contributed by atoms with Crippen molar-refractivity contribution >= 4 is 28.8 Å². The fourth-order valence-electron chi connectivity index (χ4n) is 2.51. The topological polar surface area (TPSA) is 94.6 Å². The fraction of sp³-hybridized carbons (Fsp3) is 0.111. The minimum Gasteiger partial charge on any atom is -0.483 e. The molecule has 4 rings (SSSR count). The molecule has 1 aromatic carbocycles. The number of oxazole rings is 1. The maximum atomic E-state index is 12.7. The van der Waals surface area contributed by atoms with Crippen LogP contribution in [0.4, 0.5) is 5.69 Å². The highest BCUT2D eigenvalue weighted by Crippen LogP contribution is 2.29. The van der Waals surface area contributed by atoms with Crippen LogP contribution in [0.1, 0.15) is 21.8 Å². The largest absolute Gasteiger partial charge is 0.483 e. The number of carbonyl (C=O) groups excluding carboxylic acids is 1. The summed E-state index contributed by atoms with van der Waals surface area (Å²) >= 11 is 6.08. The van der Waals surface area contributed by atoms with Crippen LogP contribution in [0.15, 0.2) is 53.7 Å². The number of halogens is 1. The first-order chi connectivity index (χ1) is 13.1. The number of fused-ring (bicyclic) bond motifs is 1. The molecular weight excluding hydrogens is 370 g/mol. The zero-order chi connectivity index (χ0) is 18.8. The second kappa shape index (κ2) is 7.08. The molecule has 3 aromatic heterocycles. The molecule has 0 fully saturated rings. The Kier molecular flexibility index (Phi) is 4.47. The number of carbonyl (C=O) groups is 1. The molecule has 0 aliphatic carbocycles. The van der Waals surface area contributed by atoms with Gasteiger partial charge in [0.2, 0.25) is 0 Å². The first kappa shape index (κ1) is 17.0. The van der Waals surface area contributed by atoms with E-state index in [2.05, 4.69) is 20.4 Å². The summed E-state index contributed by atoms with van der Waals surface area (Å²) in [5.41, 5.74) is 1.97. The summed E-state index contributed by atoms with van der Waals surface area (Å²) in [5, 5.41) is 7.38. The molecule has 4 aromatic rings. The lowest BCUT2D eigenvalue weighted by Crippen LogP contribution is -2.13. The Morgan fingerprint density at radius 2 is 2.26 bits per heavy atom. The first-order valence-corrected chi connectivity index (χ1v) is 8.40. The summed E-state index contributed by atoms with van der Waals surface area (Å²) in [6.07, 6.45) is 6.13. The molecule has 9 heteroatoms. The number of aryl methyl sites for hydroxylation is 1. The van der Waals surface area contributed by atoms with Gasteiger partial charge in [-0.25, -0.2) is 14.5 Å².